The van der Waals surface area contributed by atoms with Gasteiger partial charge in [0.25, 0.3) is 0 Å². The molecule has 0 saturated heterocycles. The Balaban J connectivity index is 1.92. The molecule has 11 nitrogen and oxygen atoms in total. The summed E-state index contributed by atoms with van der Waals surface area (Å²) >= 11 is 0. The average molecular weight is 558 g/mol. The molecule has 4 atom stereocenters. The molecule has 1 amide bonds. The monoisotopic (exact) mass is 557 g/mol. The van der Waals surface area contributed by atoms with E-state index in [1.54, 1.807) is 18.2 Å². The third kappa shape index (κ3) is 6.77. The number of amides is 1. The lowest BCUT2D eigenvalue weighted by Gasteiger charge is -2.38. The van der Waals surface area contributed by atoms with Gasteiger partial charge in [0.1, 0.15) is 12.1 Å². The predicted octanol–water partition coefficient (Wildman–Crippen LogP) is 1.26. The van der Waals surface area contributed by atoms with Gasteiger partial charge in [-0.15, -0.1) is 0 Å². The van der Waals surface area contributed by atoms with E-state index in [-0.39, 0.29) is 11.3 Å². The molecule has 0 fully saturated rings. The third-order valence-corrected chi connectivity index (χ3v) is 8.44. The van der Waals surface area contributed by atoms with Crippen molar-refractivity contribution in [2.75, 3.05) is 0 Å². The summed E-state index contributed by atoms with van der Waals surface area (Å²) in [5.41, 5.74) is 9.76. The lowest BCUT2D eigenvalue weighted by Crippen LogP contribution is -2.59. The number of allylic oxidation sites excluding steroid dienone is 3. The Bertz CT molecular complexity index is 1460. The molecule has 0 heterocycles. The van der Waals surface area contributed by atoms with Gasteiger partial charge in [-0.3, -0.25) is 14.4 Å². The number of benzene rings is 2. The zero-order valence-electron chi connectivity index (χ0n) is 21.2. The highest BCUT2D eigenvalue weighted by Crippen LogP contribution is 2.40. The van der Waals surface area contributed by atoms with Crippen LogP contribution >= 0.6 is 0 Å². The van der Waals surface area contributed by atoms with Gasteiger partial charge in [-0.05, 0) is 35.8 Å². The fourth-order valence-electron chi connectivity index (χ4n) is 4.58. The van der Waals surface area contributed by atoms with Crippen molar-refractivity contribution in [2.45, 2.75) is 50.1 Å². The summed E-state index contributed by atoms with van der Waals surface area (Å²) < 4.78 is 27.0. The van der Waals surface area contributed by atoms with Crippen LogP contribution in [0, 0.1) is 5.41 Å². The van der Waals surface area contributed by atoms with Crippen LogP contribution in [0.25, 0.3) is 10.8 Å². The molecule has 1 aliphatic carbocycles. The normalized spacial score (nSPS) is 19.5. The second-order valence-electron chi connectivity index (χ2n) is 9.62. The van der Waals surface area contributed by atoms with Crippen LogP contribution in [0.5, 0.6) is 0 Å². The fourth-order valence-corrected chi connectivity index (χ4v) is 6.12. The van der Waals surface area contributed by atoms with Gasteiger partial charge in [0.05, 0.1) is 17.2 Å². The average Bonchev–Trinajstić information content (AvgIpc) is 2.89. The molecule has 7 N–H and O–H groups in total. The quantitative estimate of drug-likeness (QED) is 0.252. The van der Waals surface area contributed by atoms with Crippen LogP contribution < -0.4 is 16.8 Å². The van der Waals surface area contributed by atoms with Gasteiger partial charge in [0, 0.05) is 17.7 Å². The van der Waals surface area contributed by atoms with Gasteiger partial charge in [0.15, 0.2) is 15.6 Å². The molecule has 2 aromatic rings. The fraction of sp³-hybridized carbons (Fsp3) is 0.333. The zero-order chi connectivity index (χ0) is 29.0. The molecule has 0 spiro atoms. The van der Waals surface area contributed by atoms with Crippen LogP contribution in [0.1, 0.15) is 31.7 Å². The molecule has 1 aliphatic rings. The van der Waals surface area contributed by atoms with Crippen molar-refractivity contribution >= 4 is 44.2 Å². The SMILES string of the molecule is C[C@H](N)C(=O)C1([C@@H](NC(=O)CC[C@H](N)C(=O)O)C(=O)O)C=CC=C(S(=O)(=O)Cc2ccc3ccccc3c2)C1. The van der Waals surface area contributed by atoms with Crippen molar-refractivity contribution in [3.05, 3.63) is 71.2 Å². The molecule has 0 bridgehead atoms. The molecular formula is C27H31N3O8S. The minimum atomic E-state index is -4.02. The maximum Gasteiger partial charge on any atom is 0.327 e. The van der Waals surface area contributed by atoms with Crippen molar-refractivity contribution in [3.63, 3.8) is 0 Å². The summed E-state index contributed by atoms with van der Waals surface area (Å²) in [5.74, 6) is -4.95. The molecule has 0 aliphatic heterocycles. The molecular weight excluding hydrogens is 526 g/mol. The van der Waals surface area contributed by atoms with Gasteiger partial charge >= 0.3 is 11.9 Å². The Kier molecular flexibility index (Phi) is 9.05. The molecule has 39 heavy (non-hydrogen) atoms. The van der Waals surface area contributed by atoms with Gasteiger partial charge in [-0.2, -0.15) is 0 Å². The van der Waals surface area contributed by atoms with Gasteiger partial charge in [-0.1, -0.05) is 54.6 Å². The van der Waals surface area contributed by atoms with E-state index in [9.17, 15) is 32.7 Å². The molecule has 12 heteroatoms. The van der Waals surface area contributed by atoms with E-state index in [0.29, 0.717) is 5.56 Å². The second kappa shape index (κ2) is 11.9. The van der Waals surface area contributed by atoms with E-state index in [1.807, 2.05) is 24.3 Å². The lowest BCUT2D eigenvalue weighted by atomic mass is 9.69. The highest BCUT2D eigenvalue weighted by molar-refractivity contribution is 7.94. The highest BCUT2D eigenvalue weighted by Gasteiger charge is 2.51. The number of Topliss-reactive ketones (excluding diaryl/α,β-unsaturated/α-hetero) is 1. The maximum absolute atomic E-state index is 13.5. The number of sulfone groups is 1. The van der Waals surface area contributed by atoms with Crippen molar-refractivity contribution in [2.24, 2.45) is 16.9 Å². The predicted molar refractivity (Wildman–Crippen MR) is 144 cm³/mol. The number of aliphatic carboxylic acids is 2. The van der Waals surface area contributed by atoms with Gasteiger partial charge < -0.3 is 27.0 Å². The van der Waals surface area contributed by atoms with Crippen LogP contribution in [-0.4, -0.2) is 60.4 Å². The maximum atomic E-state index is 13.5. The van der Waals surface area contributed by atoms with E-state index in [4.69, 9.17) is 16.6 Å². The largest absolute Gasteiger partial charge is 0.480 e. The minimum Gasteiger partial charge on any atom is -0.480 e. The van der Waals surface area contributed by atoms with Crippen molar-refractivity contribution in [1.29, 1.82) is 0 Å². The number of carboxylic acid groups (broad SMARTS) is 2. The van der Waals surface area contributed by atoms with Crippen LogP contribution in [0.2, 0.25) is 0 Å². The highest BCUT2D eigenvalue weighted by atomic mass is 32.2. The summed E-state index contributed by atoms with van der Waals surface area (Å²) in [5, 5.41) is 23.0. The first-order chi connectivity index (χ1) is 18.3. The van der Waals surface area contributed by atoms with E-state index in [1.165, 1.54) is 25.2 Å². The number of hydrogen-bond acceptors (Lipinski definition) is 8. The molecule has 3 rings (SSSR count). The van der Waals surface area contributed by atoms with Crippen molar-refractivity contribution in [1.82, 2.24) is 5.32 Å². The van der Waals surface area contributed by atoms with E-state index < -0.39 is 75.6 Å². The van der Waals surface area contributed by atoms with Crippen LogP contribution in [-0.2, 0) is 34.8 Å². The number of carbonyl (C=O) groups is 4. The summed E-state index contributed by atoms with van der Waals surface area (Å²) in [7, 11) is -4.02. The number of nitrogens with one attached hydrogen (secondary N) is 1. The summed E-state index contributed by atoms with van der Waals surface area (Å²) in [6.45, 7) is 1.34. The minimum absolute atomic E-state index is 0.180. The number of rotatable bonds is 12. The number of ketones is 1. The first-order valence-corrected chi connectivity index (χ1v) is 13.8. The number of carbonyl (C=O) groups excluding carboxylic acids is 2. The van der Waals surface area contributed by atoms with E-state index in [2.05, 4.69) is 5.32 Å². The smallest absolute Gasteiger partial charge is 0.327 e. The van der Waals surface area contributed by atoms with Gasteiger partial charge in [0.2, 0.25) is 5.91 Å². The molecule has 0 radical (unpaired) electrons. The first kappa shape index (κ1) is 29.7. The Morgan fingerprint density at radius 1 is 1.03 bits per heavy atom. The van der Waals surface area contributed by atoms with Crippen molar-refractivity contribution in [3.8, 4) is 0 Å². The molecule has 1 unspecified atom stereocenters. The number of nitrogens with two attached hydrogens (primary N) is 2. The Morgan fingerprint density at radius 3 is 2.31 bits per heavy atom. The third-order valence-electron chi connectivity index (χ3n) is 6.65. The summed E-state index contributed by atoms with van der Waals surface area (Å²) in [6, 6.07) is 8.26. The summed E-state index contributed by atoms with van der Waals surface area (Å²) in [4.78, 5) is 49.1. The Labute approximate surface area is 225 Å². The topological polar surface area (TPSA) is 207 Å². The number of hydrogen-bond donors (Lipinski definition) is 5. The molecule has 0 aromatic heterocycles. The molecule has 0 saturated carbocycles. The van der Waals surface area contributed by atoms with E-state index >= 15 is 0 Å². The Morgan fingerprint density at radius 2 is 1.69 bits per heavy atom. The van der Waals surface area contributed by atoms with Crippen molar-refractivity contribution < 1.29 is 37.8 Å². The zero-order valence-corrected chi connectivity index (χ0v) is 22.1. The van der Waals surface area contributed by atoms with Crippen LogP contribution in [0.3, 0.4) is 0 Å². The standard InChI is InChI=1S/C27H31N3O8S/c1-16(28)24(32)27(23(26(35)36)30-22(31)11-10-21(29)25(33)34)12-4-7-20(14-27)39(37,38)15-17-8-9-18-5-2-3-6-19(18)13-17/h2-9,12-13,16,21,23H,10-11,14-15,28-29H2,1H3,(H,30,31)(H,33,34)(H,35,36)/t16-,21-,23-,27?/m0/s1. The number of carboxylic acids is 2. The van der Waals surface area contributed by atoms with E-state index in [0.717, 1.165) is 10.8 Å². The molecule has 208 valence electrons. The Hall–Kier alpha value is -3.87. The first-order valence-electron chi connectivity index (χ1n) is 12.2. The van der Waals surface area contributed by atoms with Crippen LogP contribution in [0.15, 0.2) is 65.6 Å². The number of fused-ring (bicyclic) bond motifs is 1. The second-order valence-corrected chi connectivity index (χ2v) is 11.7. The van der Waals surface area contributed by atoms with Crippen LogP contribution in [0.4, 0.5) is 0 Å². The lowest BCUT2D eigenvalue weighted by molar-refractivity contribution is -0.149. The van der Waals surface area contributed by atoms with Gasteiger partial charge in [-0.25, -0.2) is 13.2 Å². The molecule has 2 aromatic carbocycles. The summed E-state index contributed by atoms with van der Waals surface area (Å²) in [6.07, 6.45) is 2.59.